The van der Waals surface area contributed by atoms with Gasteiger partial charge in [0.05, 0.1) is 18.1 Å². The van der Waals surface area contributed by atoms with Crippen LogP contribution in [0.5, 0.6) is 5.06 Å². The minimum atomic E-state index is -1.60. The lowest BCUT2D eigenvalue weighted by Gasteiger charge is -2.38. The maximum atomic E-state index is 13.9. The summed E-state index contributed by atoms with van der Waals surface area (Å²) >= 11 is 1.28. The molecular formula is C25H37NO5SSi. The first-order valence-corrected chi connectivity index (χ1v) is 16.3. The van der Waals surface area contributed by atoms with E-state index >= 15 is 0 Å². The molecule has 2 aliphatic carbocycles. The van der Waals surface area contributed by atoms with E-state index in [-0.39, 0.29) is 24.0 Å². The largest absolute Gasteiger partial charge is 0.514 e. The summed E-state index contributed by atoms with van der Waals surface area (Å²) in [5.74, 6) is 3.96. The summed E-state index contributed by atoms with van der Waals surface area (Å²) in [5.41, 5.74) is 3.97. The second-order valence-corrected chi connectivity index (χ2v) is 16.2. The smallest absolute Gasteiger partial charge is 0.437 e. The fourth-order valence-electron chi connectivity index (χ4n) is 4.55. The van der Waals surface area contributed by atoms with Gasteiger partial charge in [-0.3, -0.25) is 4.79 Å². The van der Waals surface area contributed by atoms with Crippen molar-refractivity contribution in [1.29, 1.82) is 0 Å². The van der Waals surface area contributed by atoms with E-state index in [1.165, 1.54) is 18.4 Å². The van der Waals surface area contributed by atoms with Crippen molar-refractivity contribution in [2.24, 2.45) is 11.8 Å². The van der Waals surface area contributed by atoms with Crippen molar-refractivity contribution in [2.45, 2.75) is 90.1 Å². The summed E-state index contributed by atoms with van der Waals surface area (Å²) in [6.07, 6.45) is 5.51. The van der Waals surface area contributed by atoms with Crippen LogP contribution in [0.4, 0.5) is 10.5 Å². The number of ether oxygens (including phenoxy) is 2. The van der Waals surface area contributed by atoms with Gasteiger partial charge >= 0.3 is 6.16 Å². The first kappa shape index (κ1) is 25.8. The number of rotatable bonds is 4. The monoisotopic (exact) mass is 491 g/mol. The summed E-state index contributed by atoms with van der Waals surface area (Å²) in [5, 5.41) is 10.4. The highest BCUT2D eigenvalue weighted by molar-refractivity contribution is 7.15. The number of aliphatic hydroxyl groups is 1. The molecule has 2 fully saturated rings. The molecule has 0 bridgehead atoms. The molecule has 1 N–H and O–H groups in total. The maximum absolute atomic E-state index is 13.9. The van der Waals surface area contributed by atoms with Crippen LogP contribution < -0.4 is 9.64 Å². The summed E-state index contributed by atoms with van der Waals surface area (Å²) in [7, 11) is -0.331. The Bertz CT molecular complexity index is 896. The summed E-state index contributed by atoms with van der Waals surface area (Å²) in [4.78, 5) is 28.5. The van der Waals surface area contributed by atoms with Crippen LogP contribution in [0.15, 0.2) is 6.07 Å². The van der Waals surface area contributed by atoms with Gasteiger partial charge in [-0.1, -0.05) is 43.8 Å². The molecule has 2 saturated carbocycles. The number of carbonyl (C=O) groups is 2. The topological polar surface area (TPSA) is 76.1 Å². The predicted octanol–water partition coefficient (Wildman–Crippen LogP) is 5.59. The van der Waals surface area contributed by atoms with E-state index < -0.39 is 14.2 Å². The van der Waals surface area contributed by atoms with E-state index in [0.29, 0.717) is 29.5 Å². The van der Waals surface area contributed by atoms with E-state index in [9.17, 15) is 14.7 Å². The molecule has 8 heteroatoms. The first-order valence-electron chi connectivity index (χ1n) is 12.0. The van der Waals surface area contributed by atoms with Crippen LogP contribution in [0.3, 0.4) is 0 Å². The van der Waals surface area contributed by atoms with Gasteiger partial charge in [-0.05, 0) is 63.4 Å². The van der Waals surface area contributed by atoms with Gasteiger partial charge in [0.15, 0.2) is 0 Å². The Hall–Kier alpha value is -1.82. The van der Waals surface area contributed by atoms with Crippen LogP contribution in [0.1, 0.15) is 63.2 Å². The van der Waals surface area contributed by atoms with Gasteiger partial charge in [-0.15, -0.1) is 5.54 Å². The fraction of sp³-hybridized carbons (Fsp3) is 0.680. The van der Waals surface area contributed by atoms with E-state index in [1.807, 2.05) is 11.0 Å². The molecule has 6 nitrogen and oxygen atoms in total. The molecule has 33 heavy (non-hydrogen) atoms. The van der Waals surface area contributed by atoms with Gasteiger partial charge < -0.3 is 19.5 Å². The number of carbonyl (C=O) groups excluding carboxylic acids is 2. The predicted molar refractivity (Wildman–Crippen MR) is 134 cm³/mol. The number of amides is 1. The SMILES string of the molecule is COC(=O)Oc1sc(C#C[Si](C)(C)C)cc1N(C(=O)C1CCC(C)CC1)C1CCC(O)CC1. The number of anilines is 1. The summed E-state index contributed by atoms with van der Waals surface area (Å²) in [6, 6.07) is 1.86. The average Bonchev–Trinajstić information content (AvgIpc) is 3.16. The van der Waals surface area contributed by atoms with E-state index in [2.05, 4.69) is 38.0 Å². The number of aliphatic hydroxyl groups excluding tert-OH is 1. The van der Waals surface area contributed by atoms with Crippen molar-refractivity contribution in [1.82, 2.24) is 0 Å². The molecule has 2 aliphatic rings. The second-order valence-electron chi connectivity index (χ2n) is 10.5. The zero-order valence-corrected chi connectivity index (χ0v) is 22.3. The molecule has 0 aliphatic heterocycles. The van der Waals surface area contributed by atoms with Gasteiger partial charge in [0.1, 0.15) is 13.8 Å². The molecule has 0 radical (unpaired) electrons. The highest BCUT2D eigenvalue weighted by Crippen LogP contribution is 2.43. The number of thiophene rings is 1. The molecule has 1 amide bonds. The van der Waals surface area contributed by atoms with Crippen molar-refractivity contribution in [3.63, 3.8) is 0 Å². The van der Waals surface area contributed by atoms with Crippen LogP contribution in [0, 0.1) is 23.3 Å². The van der Waals surface area contributed by atoms with Gasteiger partial charge in [0, 0.05) is 12.0 Å². The summed E-state index contributed by atoms with van der Waals surface area (Å²) < 4.78 is 10.3. The first-order chi connectivity index (χ1) is 15.6. The minimum absolute atomic E-state index is 0.0320. The lowest BCUT2D eigenvalue weighted by Crippen LogP contribution is -2.46. The van der Waals surface area contributed by atoms with E-state index in [4.69, 9.17) is 9.47 Å². The number of hydrogen-bond acceptors (Lipinski definition) is 6. The average molecular weight is 492 g/mol. The lowest BCUT2D eigenvalue weighted by atomic mass is 9.81. The molecule has 0 saturated heterocycles. The van der Waals surface area contributed by atoms with Crippen LogP contribution in [-0.2, 0) is 9.53 Å². The molecule has 1 aromatic rings. The van der Waals surface area contributed by atoms with Crippen LogP contribution in [0.25, 0.3) is 0 Å². The van der Waals surface area contributed by atoms with E-state index in [0.717, 1.165) is 43.4 Å². The van der Waals surface area contributed by atoms with E-state index in [1.54, 1.807) is 0 Å². The molecule has 3 rings (SSSR count). The van der Waals surface area contributed by atoms with Crippen LogP contribution >= 0.6 is 11.3 Å². The van der Waals surface area contributed by atoms with Crippen molar-refractivity contribution < 1.29 is 24.2 Å². The zero-order valence-electron chi connectivity index (χ0n) is 20.5. The Kier molecular flexibility index (Phi) is 8.65. The third-order valence-corrected chi connectivity index (χ3v) is 8.27. The molecule has 0 unspecified atom stereocenters. The maximum Gasteiger partial charge on any atom is 0.514 e. The second kappa shape index (κ2) is 11.1. The normalized spacial score (nSPS) is 25.5. The Morgan fingerprint density at radius 2 is 1.73 bits per heavy atom. The Morgan fingerprint density at radius 3 is 2.30 bits per heavy atom. The van der Waals surface area contributed by atoms with Gasteiger partial charge in [-0.2, -0.15) is 0 Å². The third kappa shape index (κ3) is 7.08. The molecule has 182 valence electrons. The Morgan fingerprint density at radius 1 is 1.09 bits per heavy atom. The van der Waals surface area contributed by atoms with Gasteiger partial charge in [0.25, 0.3) is 0 Å². The van der Waals surface area contributed by atoms with Crippen LogP contribution in [0.2, 0.25) is 19.6 Å². The minimum Gasteiger partial charge on any atom is -0.437 e. The Balaban J connectivity index is 2.01. The van der Waals surface area contributed by atoms with Crippen molar-refractivity contribution in [3.05, 3.63) is 10.9 Å². The van der Waals surface area contributed by atoms with Crippen molar-refractivity contribution in [3.8, 4) is 16.5 Å². The number of methoxy groups -OCH3 is 1. The molecule has 1 heterocycles. The van der Waals surface area contributed by atoms with Crippen molar-refractivity contribution >= 4 is 37.2 Å². The van der Waals surface area contributed by atoms with Crippen molar-refractivity contribution in [2.75, 3.05) is 12.0 Å². The fourth-order valence-corrected chi connectivity index (χ4v) is 5.99. The van der Waals surface area contributed by atoms with Crippen LogP contribution in [-0.4, -0.2) is 44.5 Å². The molecular weight excluding hydrogens is 454 g/mol. The quantitative estimate of drug-likeness (QED) is 0.338. The number of nitrogens with zero attached hydrogens (tertiary/aromatic N) is 1. The molecule has 1 aromatic heterocycles. The lowest BCUT2D eigenvalue weighted by molar-refractivity contribution is -0.124. The third-order valence-electron chi connectivity index (χ3n) is 6.48. The molecule has 0 spiro atoms. The summed E-state index contributed by atoms with van der Waals surface area (Å²) in [6.45, 7) is 8.76. The number of hydrogen-bond donors (Lipinski definition) is 1. The highest BCUT2D eigenvalue weighted by Gasteiger charge is 2.37. The highest BCUT2D eigenvalue weighted by atomic mass is 32.1. The molecule has 0 aromatic carbocycles. The van der Waals surface area contributed by atoms with Gasteiger partial charge in [-0.25, -0.2) is 4.79 Å². The Labute approximate surface area is 202 Å². The molecule has 0 atom stereocenters. The zero-order chi connectivity index (χ0) is 24.2. The van der Waals surface area contributed by atoms with Gasteiger partial charge in [0.2, 0.25) is 11.0 Å². The standard InChI is InChI=1S/C25H37NO5SSi/c1-17-6-8-18(9-7-17)23(28)26(19-10-12-20(27)13-11-19)22-16-21(14-15-33(3,4)5)32-24(22)31-25(29)30-2/h16-20,27H,6-13H2,1-5H3.